The molecule has 3 aromatic carbocycles. The molecule has 4 aromatic rings. The number of methoxy groups -OCH3 is 1. The van der Waals surface area contributed by atoms with E-state index < -0.39 is 5.78 Å². The maximum absolute atomic E-state index is 13.0. The molecule has 4 rings (SSSR count). The van der Waals surface area contributed by atoms with E-state index in [1.54, 1.807) is 43.5 Å². The molecule has 0 fully saturated rings. The van der Waals surface area contributed by atoms with Crippen molar-refractivity contribution in [2.75, 3.05) is 26.0 Å². The van der Waals surface area contributed by atoms with Gasteiger partial charge in [0.2, 0.25) is 5.78 Å². The van der Waals surface area contributed by atoms with Gasteiger partial charge in [0.05, 0.1) is 17.3 Å². The zero-order chi connectivity index (χ0) is 23.5. The summed E-state index contributed by atoms with van der Waals surface area (Å²) in [6.45, 7) is 0.857. The lowest BCUT2D eigenvalue weighted by molar-refractivity contribution is 0.0936. The Balaban J connectivity index is 1.66. The zero-order valence-electron chi connectivity index (χ0n) is 17.7. The number of furan rings is 1. The van der Waals surface area contributed by atoms with Gasteiger partial charge in [0.1, 0.15) is 5.58 Å². The van der Waals surface area contributed by atoms with Crippen molar-refractivity contribution in [1.82, 2.24) is 5.32 Å². The lowest BCUT2D eigenvalue weighted by Gasteiger charge is -2.07. The second-order valence-electron chi connectivity index (χ2n) is 7.34. The van der Waals surface area contributed by atoms with Gasteiger partial charge in [-0.25, -0.2) is 0 Å². The third-order valence-corrected chi connectivity index (χ3v) is 5.71. The average Bonchev–Trinajstić information content (AvgIpc) is 3.14. The fourth-order valence-corrected chi connectivity index (χ4v) is 3.96. The Bertz CT molecular complexity index is 1360. The highest BCUT2D eigenvalue weighted by Crippen LogP contribution is 2.34. The van der Waals surface area contributed by atoms with Crippen molar-refractivity contribution in [2.24, 2.45) is 0 Å². The van der Waals surface area contributed by atoms with Crippen molar-refractivity contribution < 1.29 is 18.7 Å². The number of carbonyl (C=O) groups excluding carboxylic acids is 2. The van der Waals surface area contributed by atoms with Gasteiger partial charge in [-0.05, 0) is 53.6 Å². The molecule has 6 nitrogen and oxygen atoms in total. The van der Waals surface area contributed by atoms with Gasteiger partial charge in [0, 0.05) is 35.2 Å². The normalized spacial score (nSPS) is 11.0. The first kappa shape index (κ1) is 22.9. The minimum Gasteiger partial charge on any atom is -0.450 e. The summed E-state index contributed by atoms with van der Waals surface area (Å²) in [7, 11) is 1.58. The molecule has 33 heavy (non-hydrogen) atoms. The molecular weight excluding hydrogens is 463 g/mol. The van der Waals surface area contributed by atoms with Crippen LogP contribution in [0.4, 0.5) is 5.69 Å². The maximum atomic E-state index is 13.0. The van der Waals surface area contributed by atoms with Crippen LogP contribution in [0.15, 0.2) is 65.1 Å². The van der Waals surface area contributed by atoms with Crippen LogP contribution < -0.4 is 11.1 Å². The summed E-state index contributed by atoms with van der Waals surface area (Å²) < 4.78 is 10.8. The van der Waals surface area contributed by atoms with E-state index in [9.17, 15) is 9.59 Å². The first-order valence-corrected chi connectivity index (χ1v) is 10.8. The lowest BCUT2D eigenvalue weighted by Crippen LogP contribution is -2.26. The Morgan fingerprint density at radius 1 is 1.03 bits per heavy atom. The van der Waals surface area contributed by atoms with E-state index in [4.69, 9.17) is 38.1 Å². The quantitative estimate of drug-likeness (QED) is 0.264. The van der Waals surface area contributed by atoms with Gasteiger partial charge >= 0.3 is 0 Å². The molecule has 1 aromatic heterocycles. The summed E-state index contributed by atoms with van der Waals surface area (Å²) in [5, 5.41) is 4.05. The van der Waals surface area contributed by atoms with Gasteiger partial charge in [-0.15, -0.1) is 0 Å². The predicted octanol–water partition coefficient (Wildman–Crippen LogP) is 5.60. The Morgan fingerprint density at radius 2 is 1.82 bits per heavy atom. The van der Waals surface area contributed by atoms with E-state index in [2.05, 4.69) is 5.32 Å². The van der Waals surface area contributed by atoms with E-state index in [0.29, 0.717) is 34.7 Å². The molecule has 3 N–H and O–H groups in total. The summed E-state index contributed by atoms with van der Waals surface area (Å²) in [6.07, 6.45) is 0. The van der Waals surface area contributed by atoms with Gasteiger partial charge in [0.15, 0.2) is 5.76 Å². The zero-order valence-corrected chi connectivity index (χ0v) is 19.2. The number of ketones is 1. The van der Waals surface area contributed by atoms with Crippen LogP contribution in [0.3, 0.4) is 0 Å². The molecule has 0 aliphatic rings. The first-order chi connectivity index (χ1) is 15.9. The van der Waals surface area contributed by atoms with Crippen molar-refractivity contribution in [3.63, 3.8) is 0 Å². The molecule has 0 aliphatic heterocycles. The lowest BCUT2D eigenvalue weighted by atomic mass is 10.0. The summed E-state index contributed by atoms with van der Waals surface area (Å²) >= 11 is 12.1. The molecule has 1 heterocycles. The molecule has 1 amide bonds. The molecule has 0 saturated carbocycles. The van der Waals surface area contributed by atoms with Gasteiger partial charge in [-0.2, -0.15) is 0 Å². The number of nitrogens with two attached hydrogens (primary N) is 1. The second-order valence-corrected chi connectivity index (χ2v) is 8.18. The molecule has 0 radical (unpaired) electrons. The molecular formula is C25H20Cl2N2O4. The number of fused-ring (bicyclic) bond motifs is 1. The van der Waals surface area contributed by atoms with Crippen LogP contribution in [0.1, 0.15) is 26.5 Å². The molecule has 0 bridgehead atoms. The molecule has 168 valence electrons. The number of halogens is 2. The molecule has 0 aliphatic carbocycles. The van der Waals surface area contributed by atoms with Crippen LogP contribution in [-0.4, -0.2) is 32.0 Å². The number of hydrogen-bond donors (Lipinski definition) is 2. The number of amides is 1. The van der Waals surface area contributed by atoms with Crippen molar-refractivity contribution in [1.29, 1.82) is 0 Å². The van der Waals surface area contributed by atoms with Gasteiger partial charge in [-0.3, -0.25) is 9.59 Å². The van der Waals surface area contributed by atoms with Crippen molar-refractivity contribution in [3.8, 4) is 11.1 Å². The number of benzene rings is 3. The third-order valence-electron chi connectivity index (χ3n) is 5.16. The summed E-state index contributed by atoms with van der Waals surface area (Å²) in [6, 6.07) is 17.3. The fourth-order valence-electron chi connectivity index (χ4n) is 3.47. The number of hydrogen-bond acceptors (Lipinski definition) is 5. The van der Waals surface area contributed by atoms with Gasteiger partial charge < -0.3 is 20.2 Å². The van der Waals surface area contributed by atoms with Crippen molar-refractivity contribution in [3.05, 3.63) is 87.6 Å². The maximum Gasteiger partial charge on any atom is 0.251 e. The summed E-state index contributed by atoms with van der Waals surface area (Å²) in [5.74, 6) is -0.607. The van der Waals surface area contributed by atoms with Crippen LogP contribution in [0, 0.1) is 0 Å². The van der Waals surface area contributed by atoms with E-state index in [1.807, 2.05) is 12.1 Å². The highest BCUT2D eigenvalue weighted by atomic mass is 35.5. The van der Waals surface area contributed by atoms with Gasteiger partial charge in [-0.1, -0.05) is 41.4 Å². The number of anilines is 1. The van der Waals surface area contributed by atoms with Crippen LogP contribution in [0.25, 0.3) is 22.1 Å². The van der Waals surface area contributed by atoms with Gasteiger partial charge in [0.25, 0.3) is 5.91 Å². The van der Waals surface area contributed by atoms with Crippen molar-refractivity contribution >= 4 is 51.5 Å². The Hall–Kier alpha value is -3.32. The Labute approximate surface area is 200 Å². The highest BCUT2D eigenvalue weighted by molar-refractivity contribution is 6.37. The highest BCUT2D eigenvalue weighted by Gasteiger charge is 2.22. The average molecular weight is 483 g/mol. The minimum absolute atomic E-state index is 0.0117. The van der Waals surface area contributed by atoms with E-state index >= 15 is 0 Å². The third kappa shape index (κ3) is 4.73. The molecule has 0 unspecified atom stereocenters. The number of ether oxygens (including phenoxy) is 1. The minimum atomic E-state index is -0.429. The summed E-state index contributed by atoms with van der Waals surface area (Å²) in [5.41, 5.74) is 9.31. The van der Waals surface area contributed by atoms with Crippen LogP contribution in [0.2, 0.25) is 10.0 Å². The van der Waals surface area contributed by atoms with E-state index in [1.165, 1.54) is 12.1 Å². The topological polar surface area (TPSA) is 94.6 Å². The van der Waals surface area contributed by atoms with Crippen LogP contribution in [-0.2, 0) is 4.74 Å². The summed E-state index contributed by atoms with van der Waals surface area (Å²) in [4.78, 5) is 25.4. The predicted molar refractivity (Wildman–Crippen MR) is 130 cm³/mol. The Morgan fingerprint density at radius 3 is 2.58 bits per heavy atom. The Kier molecular flexibility index (Phi) is 6.70. The smallest absolute Gasteiger partial charge is 0.251 e. The SMILES string of the molecule is COCCNC(=O)c1cccc(-c2ccc3c(N)c(C(=O)c4ccc(Cl)cc4Cl)oc3c2)c1. The van der Waals surface area contributed by atoms with E-state index in [0.717, 1.165) is 11.1 Å². The molecule has 0 spiro atoms. The largest absolute Gasteiger partial charge is 0.450 e. The molecule has 0 atom stereocenters. The number of carbonyl (C=O) groups is 2. The second kappa shape index (κ2) is 9.67. The number of nitrogen functional groups attached to an aromatic ring is 1. The standard InChI is InChI=1S/C25H20Cl2N2O4/c1-32-10-9-29-25(31)16-4-2-3-14(11-16)15-5-7-19-21(12-15)33-24(22(19)28)23(30)18-8-6-17(26)13-20(18)27/h2-8,11-13H,9-10,28H2,1H3,(H,29,31). The number of rotatable bonds is 7. The van der Waals surface area contributed by atoms with Crippen LogP contribution >= 0.6 is 23.2 Å². The monoisotopic (exact) mass is 482 g/mol. The van der Waals surface area contributed by atoms with Crippen molar-refractivity contribution in [2.45, 2.75) is 0 Å². The first-order valence-electron chi connectivity index (χ1n) is 10.1. The number of nitrogens with one attached hydrogen (secondary N) is 1. The molecule has 0 saturated heterocycles. The molecule has 8 heteroatoms. The van der Waals surface area contributed by atoms with Crippen LogP contribution in [0.5, 0.6) is 0 Å². The fraction of sp³-hybridized carbons (Fsp3) is 0.120. The van der Waals surface area contributed by atoms with E-state index in [-0.39, 0.29) is 27.9 Å².